The predicted molar refractivity (Wildman–Crippen MR) is 137 cm³/mol. The Morgan fingerprint density at radius 3 is 2.29 bits per heavy atom. The van der Waals surface area contributed by atoms with Crippen LogP contribution >= 0.6 is 0 Å². The van der Waals surface area contributed by atoms with E-state index in [9.17, 15) is 18.0 Å². The Morgan fingerprint density at radius 1 is 1.03 bits per heavy atom. The highest BCUT2D eigenvalue weighted by molar-refractivity contribution is 7.92. The molecule has 0 aliphatic carbocycles. The fourth-order valence-corrected chi connectivity index (χ4v) is 5.08. The maximum Gasteiger partial charge on any atom is 0.242 e. The van der Waals surface area contributed by atoms with E-state index >= 15 is 0 Å². The number of aryl methyl sites for hydroxylation is 3. The van der Waals surface area contributed by atoms with Gasteiger partial charge in [-0.25, -0.2) is 8.42 Å². The number of hydrogen-bond donors (Lipinski definition) is 1. The van der Waals surface area contributed by atoms with Crippen molar-refractivity contribution in [2.75, 3.05) is 24.2 Å². The molecule has 0 radical (unpaired) electrons. The molecule has 0 aromatic heterocycles. The fourth-order valence-electron chi connectivity index (χ4n) is 4.06. The molecule has 1 N–H and O–H groups in total. The molecule has 0 saturated heterocycles. The van der Waals surface area contributed by atoms with Crippen LogP contribution < -0.4 is 9.62 Å². The van der Waals surface area contributed by atoms with Gasteiger partial charge in [0.2, 0.25) is 21.8 Å². The van der Waals surface area contributed by atoms with Crippen LogP contribution in [0.25, 0.3) is 0 Å². The SMILES string of the molecule is CC[C@H](C(=O)NC)N(Cc1cccc(C)c1)C(=O)CCCN(c1cc(C)ccc1C)S(C)(=O)=O. The second-order valence-corrected chi connectivity index (χ2v) is 10.7. The molecular formula is C26H37N3O4S. The summed E-state index contributed by atoms with van der Waals surface area (Å²) in [5.41, 5.74) is 4.47. The number of sulfonamides is 1. The van der Waals surface area contributed by atoms with E-state index in [0.717, 1.165) is 22.3 Å². The second-order valence-electron chi connectivity index (χ2n) is 8.78. The van der Waals surface area contributed by atoms with Gasteiger partial charge in [0.1, 0.15) is 6.04 Å². The normalized spacial score (nSPS) is 12.2. The molecule has 2 amide bonds. The lowest BCUT2D eigenvalue weighted by Crippen LogP contribution is -2.48. The third-order valence-electron chi connectivity index (χ3n) is 5.85. The van der Waals surface area contributed by atoms with Crippen LogP contribution in [0.1, 0.15) is 48.4 Å². The number of likely N-dealkylation sites (N-methyl/N-ethyl adjacent to an activating group) is 1. The van der Waals surface area contributed by atoms with Gasteiger partial charge in [-0.05, 0) is 56.4 Å². The molecular weight excluding hydrogens is 450 g/mol. The largest absolute Gasteiger partial charge is 0.357 e. The van der Waals surface area contributed by atoms with Crippen LogP contribution in [0.5, 0.6) is 0 Å². The molecule has 0 saturated carbocycles. The van der Waals surface area contributed by atoms with Gasteiger partial charge in [-0.15, -0.1) is 0 Å². The van der Waals surface area contributed by atoms with Gasteiger partial charge in [0.05, 0.1) is 11.9 Å². The zero-order valence-corrected chi connectivity index (χ0v) is 21.9. The molecule has 0 unspecified atom stereocenters. The maximum atomic E-state index is 13.3. The fraction of sp³-hybridized carbons (Fsp3) is 0.462. The highest BCUT2D eigenvalue weighted by Gasteiger charge is 2.28. The van der Waals surface area contributed by atoms with Gasteiger partial charge >= 0.3 is 0 Å². The molecule has 0 aliphatic rings. The summed E-state index contributed by atoms with van der Waals surface area (Å²) in [6, 6.07) is 13.0. The van der Waals surface area contributed by atoms with Crippen LogP contribution in [-0.2, 0) is 26.2 Å². The van der Waals surface area contributed by atoms with Gasteiger partial charge < -0.3 is 10.2 Å². The summed E-state index contributed by atoms with van der Waals surface area (Å²) < 4.78 is 26.4. The summed E-state index contributed by atoms with van der Waals surface area (Å²) in [7, 11) is -1.96. The highest BCUT2D eigenvalue weighted by atomic mass is 32.2. The van der Waals surface area contributed by atoms with E-state index in [1.807, 2.05) is 70.2 Å². The van der Waals surface area contributed by atoms with E-state index in [-0.39, 0.29) is 24.8 Å². The first-order valence-electron chi connectivity index (χ1n) is 11.6. The van der Waals surface area contributed by atoms with Gasteiger partial charge in [-0.2, -0.15) is 0 Å². The number of amides is 2. The van der Waals surface area contributed by atoms with E-state index in [1.165, 1.54) is 10.6 Å². The Labute approximate surface area is 204 Å². The lowest BCUT2D eigenvalue weighted by molar-refractivity contribution is -0.141. The number of carbonyl (C=O) groups is 2. The quantitative estimate of drug-likeness (QED) is 0.523. The zero-order valence-electron chi connectivity index (χ0n) is 21.1. The average Bonchev–Trinajstić information content (AvgIpc) is 2.77. The van der Waals surface area contributed by atoms with E-state index in [4.69, 9.17) is 0 Å². The first-order chi connectivity index (χ1) is 16.0. The third kappa shape index (κ3) is 7.32. The molecule has 186 valence electrons. The van der Waals surface area contributed by atoms with E-state index < -0.39 is 16.1 Å². The Kier molecular flexibility index (Phi) is 9.67. The van der Waals surface area contributed by atoms with Crippen molar-refractivity contribution in [2.45, 2.75) is 59.5 Å². The molecule has 0 spiro atoms. The van der Waals surface area contributed by atoms with E-state index in [0.29, 0.717) is 25.1 Å². The first-order valence-corrected chi connectivity index (χ1v) is 13.4. The zero-order chi connectivity index (χ0) is 25.5. The average molecular weight is 488 g/mol. The van der Waals surface area contributed by atoms with Crippen LogP contribution in [0.3, 0.4) is 0 Å². The summed E-state index contributed by atoms with van der Waals surface area (Å²) in [6.45, 7) is 8.15. The molecule has 2 rings (SSSR count). The Bertz CT molecular complexity index is 1110. The van der Waals surface area contributed by atoms with Gasteiger partial charge in [0.25, 0.3) is 0 Å². The summed E-state index contributed by atoms with van der Waals surface area (Å²) in [6.07, 6.45) is 2.14. The van der Waals surface area contributed by atoms with Crippen molar-refractivity contribution in [3.8, 4) is 0 Å². The molecule has 2 aromatic rings. The Balaban J connectivity index is 2.22. The topological polar surface area (TPSA) is 86.8 Å². The summed E-state index contributed by atoms with van der Waals surface area (Å²) in [5.74, 6) is -0.386. The lowest BCUT2D eigenvalue weighted by Gasteiger charge is -2.31. The number of hydrogen-bond acceptors (Lipinski definition) is 4. The summed E-state index contributed by atoms with van der Waals surface area (Å²) >= 11 is 0. The van der Waals surface area contributed by atoms with Crippen molar-refractivity contribution in [3.05, 3.63) is 64.7 Å². The molecule has 34 heavy (non-hydrogen) atoms. The van der Waals surface area contributed by atoms with Crippen molar-refractivity contribution in [1.82, 2.24) is 10.2 Å². The number of nitrogens with one attached hydrogen (secondary N) is 1. The van der Waals surface area contributed by atoms with Crippen molar-refractivity contribution < 1.29 is 18.0 Å². The van der Waals surface area contributed by atoms with Crippen molar-refractivity contribution in [2.24, 2.45) is 0 Å². The maximum absolute atomic E-state index is 13.3. The molecule has 7 nitrogen and oxygen atoms in total. The van der Waals surface area contributed by atoms with Crippen molar-refractivity contribution in [1.29, 1.82) is 0 Å². The second kappa shape index (κ2) is 12.0. The lowest BCUT2D eigenvalue weighted by atomic mass is 10.1. The first kappa shape index (κ1) is 27.4. The van der Waals surface area contributed by atoms with Crippen molar-refractivity contribution >= 4 is 27.5 Å². The number of nitrogens with zero attached hydrogens (tertiary/aromatic N) is 2. The molecule has 2 aromatic carbocycles. The van der Waals surface area contributed by atoms with Crippen LogP contribution in [0.2, 0.25) is 0 Å². The number of anilines is 1. The van der Waals surface area contributed by atoms with Gasteiger partial charge in [-0.1, -0.05) is 48.9 Å². The monoisotopic (exact) mass is 487 g/mol. The predicted octanol–water partition coefficient (Wildman–Crippen LogP) is 3.71. The minimum atomic E-state index is -3.52. The molecule has 1 atom stereocenters. The summed E-state index contributed by atoms with van der Waals surface area (Å²) in [4.78, 5) is 27.4. The molecule has 0 bridgehead atoms. The van der Waals surface area contributed by atoms with E-state index in [1.54, 1.807) is 11.9 Å². The Hall–Kier alpha value is -2.87. The van der Waals surface area contributed by atoms with Crippen LogP contribution in [0, 0.1) is 20.8 Å². The number of rotatable bonds is 11. The molecule has 0 aliphatic heterocycles. The van der Waals surface area contributed by atoms with Crippen LogP contribution in [-0.4, -0.2) is 51.0 Å². The standard InChI is InChI=1S/C26H37N3O4S/c1-7-23(26(31)27-5)28(18-22-11-8-10-19(2)16-22)25(30)12-9-15-29(34(6,32)33)24-17-20(3)13-14-21(24)4/h8,10-11,13-14,16-17,23H,7,9,12,15,18H2,1-6H3,(H,27,31)/t23-/m1/s1. The molecule has 0 fully saturated rings. The molecule has 0 heterocycles. The van der Waals surface area contributed by atoms with Gasteiger partial charge in [0, 0.05) is 26.6 Å². The molecule has 8 heteroatoms. The minimum Gasteiger partial charge on any atom is -0.357 e. The smallest absolute Gasteiger partial charge is 0.242 e. The summed E-state index contributed by atoms with van der Waals surface area (Å²) in [5, 5.41) is 2.66. The third-order valence-corrected chi connectivity index (χ3v) is 7.03. The number of benzene rings is 2. The highest BCUT2D eigenvalue weighted by Crippen LogP contribution is 2.25. The Morgan fingerprint density at radius 2 is 1.71 bits per heavy atom. The van der Waals surface area contributed by atoms with Crippen LogP contribution in [0.15, 0.2) is 42.5 Å². The van der Waals surface area contributed by atoms with Gasteiger partial charge in [-0.3, -0.25) is 13.9 Å². The van der Waals surface area contributed by atoms with Gasteiger partial charge in [0.15, 0.2) is 0 Å². The van der Waals surface area contributed by atoms with E-state index in [2.05, 4.69) is 5.32 Å². The minimum absolute atomic E-state index is 0.135. The van der Waals surface area contributed by atoms with Crippen molar-refractivity contribution in [3.63, 3.8) is 0 Å². The van der Waals surface area contributed by atoms with Crippen LogP contribution in [0.4, 0.5) is 5.69 Å². The number of carbonyl (C=O) groups excluding carboxylic acids is 2.